The monoisotopic (exact) mass is 379 g/mol. The molecule has 0 aliphatic heterocycles. The summed E-state index contributed by atoms with van der Waals surface area (Å²) >= 11 is 2.03. The molecule has 106 valence electrons. The summed E-state index contributed by atoms with van der Waals surface area (Å²) in [6.45, 7) is 2.41. The predicted molar refractivity (Wildman–Crippen MR) is 83.5 cm³/mol. The Morgan fingerprint density at radius 3 is 2.68 bits per heavy atom. The van der Waals surface area contributed by atoms with Crippen LogP contribution in [0.4, 0.5) is 11.4 Å². The van der Waals surface area contributed by atoms with Gasteiger partial charge in [0, 0.05) is 22.7 Å². The molecule has 1 aromatic rings. The van der Waals surface area contributed by atoms with Gasteiger partial charge in [-0.25, -0.2) is 0 Å². The second-order valence-corrected chi connectivity index (χ2v) is 6.25. The Kier molecular flexibility index (Phi) is 5.50. The standard InChI is InChI=1S/C12H18IN3O3/c1-12(17,8-15(2)3)7-14-10-5-4-9(13)6-11(10)16(18)19/h4-6,14,17H,7-8H2,1-3H3. The molecule has 0 amide bonds. The van der Waals surface area contributed by atoms with Crippen molar-refractivity contribution >= 4 is 34.0 Å². The van der Waals surface area contributed by atoms with Crippen molar-refractivity contribution in [1.29, 1.82) is 0 Å². The number of nitro benzene ring substituents is 1. The van der Waals surface area contributed by atoms with Crippen molar-refractivity contribution in [3.05, 3.63) is 31.9 Å². The van der Waals surface area contributed by atoms with Crippen molar-refractivity contribution in [2.75, 3.05) is 32.5 Å². The summed E-state index contributed by atoms with van der Waals surface area (Å²) in [5, 5.41) is 24.1. The van der Waals surface area contributed by atoms with E-state index in [1.165, 1.54) is 6.07 Å². The Morgan fingerprint density at radius 2 is 2.16 bits per heavy atom. The van der Waals surface area contributed by atoms with Crippen LogP contribution >= 0.6 is 22.6 Å². The van der Waals surface area contributed by atoms with Gasteiger partial charge in [0.2, 0.25) is 0 Å². The van der Waals surface area contributed by atoms with Gasteiger partial charge >= 0.3 is 0 Å². The first kappa shape index (κ1) is 16.1. The Labute approximate surface area is 126 Å². The average Bonchev–Trinajstić information content (AvgIpc) is 2.25. The highest BCUT2D eigenvalue weighted by Crippen LogP contribution is 2.26. The Hall–Kier alpha value is -0.930. The molecule has 0 aliphatic carbocycles. The van der Waals surface area contributed by atoms with Crippen LogP contribution in [-0.2, 0) is 0 Å². The van der Waals surface area contributed by atoms with Crippen LogP contribution in [0, 0.1) is 13.7 Å². The number of aliphatic hydroxyl groups is 1. The summed E-state index contributed by atoms with van der Waals surface area (Å²) in [4.78, 5) is 12.4. The minimum absolute atomic E-state index is 0.0209. The molecule has 0 fully saturated rings. The molecule has 0 bridgehead atoms. The number of hydrogen-bond donors (Lipinski definition) is 2. The van der Waals surface area contributed by atoms with E-state index in [1.54, 1.807) is 19.1 Å². The zero-order valence-corrected chi connectivity index (χ0v) is 13.3. The maximum Gasteiger partial charge on any atom is 0.293 e. The molecular formula is C12H18IN3O3. The SMILES string of the molecule is CN(C)CC(C)(O)CNc1ccc(I)cc1[N+](=O)[O-]. The van der Waals surface area contributed by atoms with Crippen molar-refractivity contribution in [1.82, 2.24) is 4.90 Å². The van der Waals surface area contributed by atoms with Crippen molar-refractivity contribution < 1.29 is 10.0 Å². The Bertz CT molecular complexity index is 464. The van der Waals surface area contributed by atoms with Gasteiger partial charge in [0.25, 0.3) is 5.69 Å². The maximum atomic E-state index is 11.0. The van der Waals surface area contributed by atoms with Crippen LogP contribution in [0.3, 0.4) is 0 Å². The third-order valence-electron chi connectivity index (χ3n) is 2.47. The highest BCUT2D eigenvalue weighted by molar-refractivity contribution is 14.1. The van der Waals surface area contributed by atoms with E-state index >= 15 is 0 Å². The van der Waals surface area contributed by atoms with Crippen LogP contribution in [0.2, 0.25) is 0 Å². The van der Waals surface area contributed by atoms with Gasteiger partial charge in [-0.3, -0.25) is 10.1 Å². The van der Waals surface area contributed by atoms with Crippen molar-refractivity contribution in [2.45, 2.75) is 12.5 Å². The number of rotatable bonds is 6. The largest absolute Gasteiger partial charge is 0.387 e. The molecule has 7 heteroatoms. The van der Waals surface area contributed by atoms with Crippen molar-refractivity contribution in [3.63, 3.8) is 0 Å². The molecule has 1 aromatic carbocycles. The van der Waals surface area contributed by atoms with Crippen LogP contribution in [-0.4, -0.2) is 47.7 Å². The average molecular weight is 379 g/mol. The molecule has 0 saturated heterocycles. The summed E-state index contributed by atoms with van der Waals surface area (Å²) < 4.78 is 0.801. The molecule has 0 radical (unpaired) electrons. The normalized spacial score (nSPS) is 14.2. The zero-order valence-electron chi connectivity index (χ0n) is 11.2. The van der Waals surface area contributed by atoms with Crippen LogP contribution in [0.5, 0.6) is 0 Å². The lowest BCUT2D eigenvalue weighted by Gasteiger charge is -2.27. The molecule has 2 N–H and O–H groups in total. The van der Waals surface area contributed by atoms with Gasteiger partial charge in [0.1, 0.15) is 5.69 Å². The second kappa shape index (κ2) is 6.49. The molecule has 1 rings (SSSR count). The van der Waals surface area contributed by atoms with E-state index < -0.39 is 10.5 Å². The molecule has 0 aliphatic rings. The summed E-state index contributed by atoms with van der Waals surface area (Å²) in [6.07, 6.45) is 0. The first-order valence-electron chi connectivity index (χ1n) is 5.76. The lowest BCUT2D eigenvalue weighted by atomic mass is 10.1. The van der Waals surface area contributed by atoms with Gasteiger partial charge in [0.15, 0.2) is 0 Å². The molecule has 1 atom stereocenters. The van der Waals surface area contributed by atoms with E-state index in [4.69, 9.17) is 0 Å². The highest BCUT2D eigenvalue weighted by Gasteiger charge is 2.23. The number of nitrogens with zero attached hydrogens (tertiary/aromatic N) is 2. The predicted octanol–water partition coefficient (Wildman–Crippen LogP) is 1.92. The van der Waals surface area contributed by atoms with Crippen LogP contribution in [0.15, 0.2) is 18.2 Å². The maximum absolute atomic E-state index is 11.0. The summed E-state index contributed by atoms with van der Waals surface area (Å²) in [7, 11) is 3.73. The van der Waals surface area contributed by atoms with E-state index in [-0.39, 0.29) is 12.2 Å². The van der Waals surface area contributed by atoms with Gasteiger partial charge < -0.3 is 15.3 Å². The third-order valence-corrected chi connectivity index (χ3v) is 3.14. The van der Waals surface area contributed by atoms with E-state index in [0.29, 0.717) is 12.2 Å². The molecule has 0 spiro atoms. The number of anilines is 1. The number of nitro groups is 1. The first-order valence-corrected chi connectivity index (χ1v) is 6.84. The van der Waals surface area contributed by atoms with Crippen molar-refractivity contribution in [3.8, 4) is 0 Å². The smallest absolute Gasteiger partial charge is 0.293 e. The minimum Gasteiger partial charge on any atom is -0.387 e. The fourth-order valence-corrected chi connectivity index (χ4v) is 2.30. The first-order chi connectivity index (χ1) is 8.71. The zero-order chi connectivity index (χ0) is 14.6. The highest BCUT2D eigenvalue weighted by atomic mass is 127. The van der Waals surface area contributed by atoms with Crippen LogP contribution in [0.25, 0.3) is 0 Å². The number of likely N-dealkylation sites (N-methyl/N-ethyl adjacent to an activating group) is 1. The van der Waals surface area contributed by atoms with E-state index in [2.05, 4.69) is 5.32 Å². The van der Waals surface area contributed by atoms with Gasteiger partial charge in [-0.05, 0) is 55.7 Å². The van der Waals surface area contributed by atoms with E-state index in [1.807, 2.05) is 41.6 Å². The molecular weight excluding hydrogens is 361 g/mol. The van der Waals surface area contributed by atoms with E-state index in [0.717, 1.165) is 3.57 Å². The summed E-state index contributed by atoms with van der Waals surface area (Å²) in [6, 6.07) is 4.95. The fraction of sp³-hybridized carbons (Fsp3) is 0.500. The molecule has 1 unspecified atom stereocenters. The van der Waals surface area contributed by atoms with E-state index in [9.17, 15) is 15.2 Å². The van der Waals surface area contributed by atoms with Crippen molar-refractivity contribution in [2.24, 2.45) is 0 Å². The lowest BCUT2D eigenvalue weighted by Crippen LogP contribution is -2.43. The molecule has 19 heavy (non-hydrogen) atoms. The third kappa shape index (κ3) is 5.29. The molecule has 0 heterocycles. The summed E-state index contributed by atoms with van der Waals surface area (Å²) in [5.74, 6) is 0. The van der Waals surface area contributed by atoms with Crippen LogP contribution < -0.4 is 5.32 Å². The number of benzene rings is 1. The molecule has 0 aromatic heterocycles. The minimum atomic E-state index is -0.958. The Morgan fingerprint density at radius 1 is 1.53 bits per heavy atom. The fourth-order valence-electron chi connectivity index (χ4n) is 1.83. The number of halogens is 1. The number of nitrogens with one attached hydrogen (secondary N) is 1. The van der Waals surface area contributed by atoms with Gasteiger partial charge in [-0.1, -0.05) is 0 Å². The quantitative estimate of drug-likeness (QED) is 0.449. The van der Waals surface area contributed by atoms with Crippen LogP contribution in [0.1, 0.15) is 6.92 Å². The van der Waals surface area contributed by atoms with Gasteiger partial charge in [-0.2, -0.15) is 0 Å². The Balaban J connectivity index is 2.80. The lowest BCUT2D eigenvalue weighted by molar-refractivity contribution is -0.384. The molecule has 6 nitrogen and oxygen atoms in total. The summed E-state index contributed by atoms with van der Waals surface area (Å²) in [5.41, 5.74) is -0.516. The number of hydrogen-bond acceptors (Lipinski definition) is 5. The van der Waals surface area contributed by atoms with Gasteiger partial charge in [0.05, 0.1) is 10.5 Å². The second-order valence-electron chi connectivity index (χ2n) is 5.01. The molecule has 0 saturated carbocycles. The van der Waals surface area contributed by atoms with Gasteiger partial charge in [-0.15, -0.1) is 0 Å². The topological polar surface area (TPSA) is 78.6 Å².